The van der Waals surface area contributed by atoms with Gasteiger partial charge in [0.15, 0.2) is 0 Å². The first-order valence-electron chi connectivity index (χ1n) is 8.43. The van der Waals surface area contributed by atoms with Gasteiger partial charge in [0.2, 0.25) is 0 Å². The van der Waals surface area contributed by atoms with Crippen LogP contribution in [0.3, 0.4) is 0 Å². The molecule has 25 heavy (non-hydrogen) atoms. The van der Waals surface area contributed by atoms with Crippen LogP contribution >= 0.6 is 11.3 Å². The van der Waals surface area contributed by atoms with Gasteiger partial charge in [-0.1, -0.05) is 30.3 Å². The summed E-state index contributed by atoms with van der Waals surface area (Å²) >= 11 is 1.68. The fourth-order valence-electron chi connectivity index (χ4n) is 3.33. The van der Waals surface area contributed by atoms with E-state index in [9.17, 15) is 9.90 Å². The Morgan fingerprint density at radius 3 is 2.60 bits per heavy atom. The van der Waals surface area contributed by atoms with Gasteiger partial charge in [-0.2, -0.15) is 0 Å². The van der Waals surface area contributed by atoms with E-state index in [0.717, 1.165) is 34.9 Å². The minimum absolute atomic E-state index is 0.239. The van der Waals surface area contributed by atoms with Crippen LogP contribution in [0, 0.1) is 12.8 Å². The molecule has 128 valence electrons. The average molecular weight is 353 g/mol. The topological polar surface area (TPSA) is 66.3 Å². The van der Waals surface area contributed by atoms with Gasteiger partial charge >= 0.3 is 5.97 Å². The molecule has 0 aliphatic carbocycles. The first kappa shape index (κ1) is 16.0. The molecule has 1 aliphatic rings. The van der Waals surface area contributed by atoms with Gasteiger partial charge in [-0.25, -0.2) is 9.97 Å². The summed E-state index contributed by atoms with van der Waals surface area (Å²) in [6, 6.07) is 12.4. The van der Waals surface area contributed by atoms with Crippen molar-refractivity contribution < 1.29 is 9.90 Å². The molecule has 1 aromatic carbocycles. The maximum atomic E-state index is 11.2. The molecule has 1 saturated heterocycles. The number of aliphatic carboxylic acids is 1. The molecule has 5 nitrogen and oxygen atoms in total. The molecule has 0 bridgehead atoms. The smallest absolute Gasteiger partial charge is 0.306 e. The van der Waals surface area contributed by atoms with Crippen molar-refractivity contribution in [1.29, 1.82) is 0 Å². The second-order valence-electron chi connectivity index (χ2n) is 6.39. The monoisotopic (exact) mass is 353 g/mol. The van der Waals surface area contributed by atoms with Crippen molar-refractivity contribution >= 4 is 33.3 Å². The predicted octanol–water partition coefficient (Wildman–Crippen LogP) is 3.97. The Morgan fingerprint density at radius 1 is 1.20 bits per heavy atom. The highest BCUT2D eigenvalue weighted by atomic mass is 32.1. The molecule has 3 aromatic rings. The van der Waals surface area contributed by atoms with E-state index in [0.29, 0.717) is 12.8 Å². The summed E-state index contributed by atoms with van der Waals surface area (Å²) in [5, 5.41) is 10.3. The van der Waals surface area contributed by atoms with Crippen LogP contribution in [0.25, 0.3) is 20.7 Å². The van der Waals surface area contributed by atoms with Crippen LogP contribution in [0.2, 0.25) is 0 Å². The Morgan fingerprint density at radius 2 is 1.92 bits per heavy atom. The Labute approximate surface area is 150 Å². The highest BCUT2D eigenvalue weighted by molar-refractivity contribution is 7.21. The molecule has 0 unspecified atom stereocenters. The van der Waals surface area contributed by atoms with Gasteiger partial charge in [-0.05, 0) is 31.4 Å². The summed E-state index contributed by atoms with van der Waals surface area (Å²) in [6.45, 7) is 3.35. The van der Waals surface area contributed by atoms with Gasteiger partial charge in [0.25, 0.3) is 0 Å². The van der Waals surface area contributed by atoms with E-state index >= 15 is 0 Å². The van der Waals surface area contributed by atoms with Crippen molar-refractivity contribution in [3.63, 3.8) is 0 Å². The number of benzene rings is 1. The third-order valence-electron chi connectivity index (χ3n) is 4.69. The van der Waals surface area contributed by atoms with Gasteiger partial charge in [0.05, 0.1) is 11.3 Å². The van der Waals surface area contributed by atoms with E-state index in [1.54, 1.807) is 11.3 Å². The van der Waals surface area contributed by atoms with Crippen molar-refractivity contribution in [1.82, 2.24) is 9.97 Å². The number of aryl methyl sites for hydroxylation is 1. The second kappa shape index (κ2) is 6.44. The van der Waals surface area contributed by atoms with Gasteiger partial charge in [0, 0.05) is 18.0 Å². The molecule has 1 fully saturated rings. The van der Waals surface area contributed by atoms with Crippen LogP contribution in [-0.2, 0) is 4.79 Å². The molecule has 0 saturated carbocycles. The largest absolute Gasteiger partial charge is 0.481 e. The maximum absolute atomic E-state index is 11.2. The van der Waals surface area contributed by atoms with Crippen molar-refractivity contribution in [3.8, 4) is 10.4 Å². The molecular formula is C19H19N3O2S. The maximum Gasteiger partial charge on any atom is 0.306 e. The fraction of sp³-hybridized carbons (Fsp3) is 0.316. The van der Waals surface area contributed by atoms with Gasteiger partial charge in [-0.15, -0.1) is 11.3 Å². The van der Waals surface area contributed by atoms with Gasteiger partial charge in [-0.3, -0.25) is 4.79 Å². The molecule has 2 aromatic heterocycles. The summed E-state index contributed by atoms with van der Waals surface area (Å²) in [7, 11) is 0. The number of nitrogens with zero attached hydrogens (tertiary/aromatic N) is 3. The summed E-state index contributed by atoms with van der Waals surface area (Å²) < 4.78 is 0. The Balaban J connectivity index is 1.72. The fourth-order valence-corrected chi connectivity index (χ4v) is 4.41. The first-order chi connectivity index (χ1) is 12.1. The lowest BCUT2D eigenvalue weighted by Gasteiger charge is -2.31. The molecule has 4 rings (SSSR count). The summed E-state index contributed by atoms with van der Waals surface area (Å²) in [5.41, 5.74) is 1.18. The van der Waals surface area contributed by atoms with Gasteiger partial charge < -0.3 is 10.0 Å². The Bertz CT molecular complexity index is 915. The number of rotatable bonds is 3. The van der Waals surface area contributed by atoms with Crippen LogP contribution in [0.15, 0.2) is 36.4 Å². The normalized spacial score (nSPS) is 15.6. The molecule has 1 N–H and O–H groups in total. The quantitative estimate of drug-likeness (QED) is 0.772. The minimum atomic E-state index is -0.689. The molecule has 1 aliphatic heterocycles. The molecule has 0 atom stereocenters. The standard InChI is InChI=1S/C19H19N3O2S/c1-12-20-17(22-9-7-14(8-10-22)19(23)24)15-11-16(25-18(15)21-12)13-5-3-2-4-6-13/h2-6,11,14H,7-10H2,1H3,(H,23,24). The molecule has 0 radical (unpaired) electrons. The third kappa shape index (κ3) is 3.09. The van der Waals surface area contributed by atoms with E-state index in [-0.39, 0.29) is 5.92 Å². The zero-order valence-electron chi connectivity index (χ0n) is 14.0. The van der Waals surface area contributed by atoms with Crippen LogP contribution in [0.1, 0.15) is 18.7 Å². The molecule has 3 heterocycles. The lowest BCUT2D eigenvalue weighted by molar-refractivity contribution is -0.142. The number of thiophene rings is 1. The summed E-state index contributed by atoms with van der Waals surface area (Å²) in [6.07, 6.45) is 1.32. The SMILES string of the molecule is Cc1nc(N2CCC(C(=O)O)CC2)c2cc(-c3ccccc3)sc2n1. The second-order valence-corrected chi connectivity index (χ2v) is 7.42. The summed E-state index contributed by atoms with van der Waals surface area (Å²) in [4.78, 5) is 24.8. The molecular weight excluding hydrogens is 334 g/mol. The first-order valence-corrected chi connectivity index (χ1v) is 9.25. The molecule has 6 heteroatoms. The zero-order valence-corrected chi connectivity index (χ0v) is 14.8. The number of carboxylic acid groups (broad SMARTS) is 1. The number of hydrogen-bond donors (Lipinski definition) is 1. The Hall–Kier alpha value is -2.47. The lowest BCUT2D eigenvalue weighted by atomic mass is 9.97. The van der Waals surface area contributed by atoms with Crippen molar-refractivity contribution in [3.05, 3.63) is 42.2 Å². The van der Waals surface area contributed by atoms with Crippen LogP contribution in [0.4, 0.5) is 5.82 Å². The third-order valence-corrected chi connectivity index (χ3v) is 5.76. The van der Waals surface area contributed by atoms with E-state index < -0.39 is 5.97 Å². The highest BCUT2D eigenvalue weighted by Gasteiger charge is 2.26. The van der Waals surface area contributed by atoms with E-state index in [4.69, 9.17) is 0 Å². The number of anilines is 1. The van der Waals surface area contributed by atoms with Crippen LogP contribution in [-0.4, -0.2) is 34.1 Å². The number of hydrogen-bond acceptors (Lipinski definition) is 5. The highest BCUT2D eigenvalue weighted by Crippen LogP contribution is 2.37. The van der Waals surface area contributed by atoms with E-state index in [1.807, 2.05) is 25.1 Å². The number of aromatic nitrogens is 2. The number of carbonyl (C=O) groups is 1. The number of piperidine rings is 1. The Kier molecular flexibility index (Phi) is 4.13. The lowest BCUT2D eigenvalue weighted by Crippen LogP contribution is -2.37. The molecule has 0 amide bonds. The van der Waals surface area contributed by atoms with Crippen LogP contribution < -0.4 is 4.90 Å². The van der Waals surface area contributed by atoms with Crippen LogP contribution in [0.5, 0.6) is 0 Å². The minimum Gasteiger partial charge on any atom is -0.481 e. The predicted molar refractivity (Wildman–Crippen MR) is 100 cm³/mol. The van der Waals surface area contributed by atoms with Crippen molar-refractivity contribution in [2.75, 3.05) is 18.0 Å². The van der Waals surface area contributed by atoms with E-state index in [2.05, 4.69) is 33.1 Å². The van der Waals surface area contributed by atoms with Crippen molar-refractivity contribution in [2.24, 2.45) is 5.92 Å². The van der Waals surface area contributed by atoms with E-state index in [1.165, 1.54) is 10.4 Å². The zero-order chi connectivity index (χ0) is 17.4. The molecule has 0 spiro atoms. The van der Waals surface area contributed by atoms with Gasteiger partial charge in [0.1, 0.15) is 16.5 Å². The average Bonchev–Trinajstić information content (AvgIpc) is 3.05. The number of carboxylic acids is 1. The van der Waals surface area contributed by atoms with Crippen molar-refractivity contribution in [2.45, 2.75) is 19.8 Å². The number of fused-ring (bicyclic) bond motifs is 1. The summed E-state index contributed by atoms with van der Waals surface area (Å²) in [5.74, 6) is 0.761.